The van der Waals surface area contributed by atoms with Crippen LogP contribution >= 0.6 is 0 Å². The van der Waals surface area contributed by atoms with Crippen molar-refractivity contribution in [3.05, 3.63) is 59.2 Å². The van der Waals surface area contributed by atoms with E-state index in [-0.39, 0.29) is 18.9 Å². The average molecular weight is 380 g/mol. The number of rotatable bonds is 7. The average Bonchev–Trinajstić information content (AvgIpc) is 3.15. The van der Waals surface area contributed by atoms with Crippen molar-refractivity contribution in [1.82, 2.24) is 20.2 Å². The first-order valence-electron chi connectivity index (χ1n) is 8.64. The summed E-state index contributed by atoms with van der Waals surface area (Å²) in [4.78, 5) is 24.9. The van der Waals surface area contributed by atoms with Crippen molar-refractivity contribution < 1.29 is 19.1 Å². The number of carbonyl (C=O) groups excluding carboxylic acids is 2. The molecule has 8 heteroatoms. The second-order valence-corrected chi connectivity index (χ2v) is 6.25. The van der Waals surface area contributed by atoms with Crippen LogP contribution in [0.25, 0.3) is 11.4 Å². The third-order valence-corrected chi connectivity index (χ3v) is 4.11. The maximum Gasteiger partial charge on any atom is 0.330 e. The molecule has 3 aromatic rings. The van der Waals surface area contributed by atoms with Gasteiger partial charge in [0.1, 0.15) is 12.4 Å². The van der Waals surface area contributed by atoms with Crippen LogP contribution < -0.4 is 4.74 Å². The summed E-state index contributed by atoms with van der Waals surface area (Å²) in [5.74, 6) is 0.371. The number of esters is 1. The van der Waals surface area contributed by atoms with Crippen molar-refractivity contribution in [1.29, 1.82) is 0 Å². The molecular formula is C20H20N4O4. The van der Waals surface area contributed by atoms with Gasteiger partial charge in [0.2, 0.25) is 5.82 Å². The van der Waals surface area contributed by atoms with Crippen molar-refractivity contribution in [3.63, 3.8) is 0 Å². The van der Waals surface area contributed by atoms with Gasteiger partial charge in [-0.25, -0.2) is 4.79 Å². The smallest absolute Gasteiger partial charge is 0.330 e. The Balaban J connectivity index is 1.63. The lowest BCUT2D eigenvalue weighted by molar-refractivity contribution is -0.146. The Morgan fingerprint density at radius 2 is 1.86 bits per heavy atom. The molecule has 2 aromatic carbocycles. The highest BCUT2D eigenvalue weighted by molar-refractivity contribution is 5.94. The summed E-state index contributed by atoms with van der Waals surface area (Å²) in [5, 5.41) is 12.0. The lowest BCUT2D eigenvalue weighted by Gasteiger charge is -2.10. The first-order chi connectivity index (χ1) is 13.5. The minimum absolute atomic E-state index is 0.0252. The third-order valence-electron chi connectivity index (χ3n) is 4.11. The summed E-state index contributed by atoms with van der Waals surface area (Å²) in [6.07, 6.45) is 0. The predicted molar refractivity (Wildman–Crippen MR) is 101 cm³/mol. The molecule has 0 atom stereocenters. The van der Waals surface area contributed by atoms with Crippen LogP contribution in [-0.4, -0.2) is 39.1 Å². The first-order valence-corrected chi connectivity index (χ1v) is 8.64. The van der Waals surface area contributed by atoms with Gasteiger partial charge in [-0.2, -0.15) is 4.80 Å². The lowest BCUT2D eigenvalue weighted by Crippen LogP contribution is -2.16. The number of hydrogen-bond donors (Lipinski definition) is 0. The first kappa shape index (κ1) is 19.2. The standard InChI is InChI=1S/C20H20N4O4/c1-13-4-6-15(7-5-13)20-21-23-24(22-20)11-19(26)28-12-17-10-16(14(2)25)8-9-18(17)27-3/h4-10H,11-12H2,1-3H3. The minimum atomic E-state index is -0.525. The number of Topliss-reactive ketones (excluding diaryl/α,β-unsaturated/α-hetero) is 1. The highest BCUT2D eigenvalue weighted by Gasteiger charge is 2.13. The fourth-order valence-electron chi connectivity index (χ4n) is 2.56. The zero-order valence-corrected chi connectivity index (χ0v) is 15.9. The van der Waals surface area contributed by atoms with Crippen molar-refractivity contribution in [2.75, 3.05) is 7.11 Å². The summed E-state index contributed by atoms with van der Waals surface area (Å²) in [6, 6.07) is 12.7. The largest absolute Gasteiger partial charge is 0.496 e. The molecule has 0 bridgehead atoms. The predicted octanol–water partition coefficient (Wildman–Crippen LogP) is 2.60. The second kappa shape index (κ2) is 8.43. The van der Waals surface area contributed by atoms with E-state index in [1.807, 2.05) is 31.2 Å². The van der Waals surface area contributed by atoms with Gasteiger partial charge in [-0.1, -0.05) is 29.8 Å². The summed E-state index contributed by atoms with van der Waals surface area (Å²) in [7, 11) is 1.51. The van der Waals surface area contributed by atoms with Crippen LogP contribution in [0.2, 0.25) is 0 Å². The minimum Gasteiger partial charge on any atom is -0.496 e. The van der Waals surface area contributed by atoms with Gasteiger partial charge in [0, 0.05) is 16.7 Å². The molecule has 8 nitrogen and oxygen atoms in total. The highest BCUT2D eigenvalue weighted by atomic mass is 16.5. The van der Waals surface area contributed by atoms with Gasteiger partial charge in [-0.3, -0.25) is 4.79 Å². The van der Waals surface area contributed by atoms with Crippen molar-refractivity contribution >= 4 is 11.8 Å². The Hall–Kier alpha value is -3.55. The molecule has 0 N–H and O–H groups in total. The van der Waals surface area contributed by atoms with E-state index in [4.69, 9.17) is 9.47 Å². The lowest BCUT2D eigenvalue weighted by atomic mass is 10.1. The van der Waals surface area contributed by atoms with E-state index >= 15 is 0 Å². The number of carbonyl (C=O) groups is 2. The van der Waals surface area contributed by atoms with Crippen LogP contribution in [0.4, 0.5) is 0 Å². The van der Waals surface area contributed by atoms with E-state index in [2.05, 4.69) is 15.4 Å². The molecule has 0 aliphatic rings. The van der Waals surface area contributed by atoms with Crippen molar-refractivity contribution in [3.8, 4) is 17.1 Å². The zero-order chi connectivity index (χ0) is 20.1. The Morgan fingerprint density at radius 3 is 2.54 bits per heavy atom. The number of aromatic nitrogens is 4. The van der Waals surface area contributed by atoms with Gasteiger partial charge in [0.05, 0.1) is 7.11 Å². The Bertz CT molecular complexity index is 996. The van der Waals surface area contributed by atoms with Crippen LogP contribution in [0.1, 0.15) is 28.4 Å². The molecule has 144 valence electrons. The van der Waals surface area contributed by atoms with Gasteiger partial charge < -0.3 is 9.47 Å². The van der Waals surface area contributed by atoms with E-state index in [0.29, 0.717) is 22.7 Å². The molecule has 0 spiro atoms. The number of hydrogen-bond acceptors (Lipinski definition) is 7. The summed E-state index contributed by atoms with van der Waals surface area (Å²) in [6.45, 7) is 3.26. The van der Waals surface area contributed by atoms with E-state index in [1.165, 1.54) is 18.8 Å². The molecule has 1 heterocycles. The van der Waals surface area contributed by atoms with E-state index < -0.39 is 5.97 Å². The molecule has 0 unspecified atom stereocenters. The molecule has 0 fully saturated rings. The topological polar surface area (TPSA) is 96.2 Å². The number of nitrogens with zero attached hydrogens (tertiary/aromatic N) is 4. The number of methoxy groups -OCH3 is 1. The van der Waals surface area contributed by atoms with Gasteiger partial charge in [-0.15, -0.1) is 10.2 Å². The molecule has 1 aromatic heterocycles. The SMILES string of the molecule is COc1ccc(C(C)=O)cc1COC(=O)Cn1nnc(-c2ccc(C)cc2)n1. The molecule has 0 aliphatic heterocycles. The van der Waals surface area contributed by atoms with Gasteiger partial charge in [-0.05, 0) is 37.3 Å². The van der Waals surface area contributed by atoms with Gasteiger partial charge in [0.25, 0.3) is 0 Å². The molecule has 0 saturated heterocycles. The van der Waals surface area contributed by atoms with Crippen LogP contribution in [-0.2, 0) is 22.7 Å². The monoisotopic (exact) mass is 380 g/mol. The molecule has 0 radical (unpaired) electrons. The number of aryl methyl sites for hydroxylation is 1. The highest BCUT2D eigenvalue weighted by Crippen LogP contribution is 2.21. The molecule has 0 amide bonds. The fraction of sp³-hybridized carbons (Fsp3) is 0.250. The Labute approximate surface area is 162 Å². The maximum absolute atomic E-state index is 12.1. The summed E-state index contributed by atoms with van der Waals surface area (Å²) < 4.78 is 10.5. The van der Waals surface area contributed by atoms with Crippen LogP contribution in [0.15, 0.2) is 42.5 Å². The fourth-order valence-corrected chi connectivity index (χ4v) is 2.56. The van der Waals surface area contributed by atoms with E-state index in [0.717, 1.165) is 11.1 Å². The van der Waals surface area contributed by atoms with E-state index in [9.17, 15) is 9.59 Å². The maximum atomic E-state index is 12.1. The molecule has 28 heavy (non-hydrogen) atoms. The second-order valence-electron chi connectivity index (χ2n) is 6.25. The Morgan fingerprint density at radius 1 is 1.11 bits per heavy atom. The quantitative estimate of drug-likeness (QED) is 0.459. The van der Waals surface area contributed by atoms with Crippen LogP contribution in [0.5, 0.6) is 5.75 Å². The number of ketones is 1. The Kier molecular flexibility index (Phi) is 5.78. The third kappa shape index (κ3) is 4.59. The molecule has 3 rings (SSSR count). The molecule has 0 aliphatic carbocycles. The van der Waals surface area contributed by atoms with E-state index in [1.54, 1.807) is 18.2 Å². The number of benzene rings is 2. The van der Waals surface area contributed by atoms with Crippen molar-refractivity contribution in [2.24, 2.45) is 0 Å². The van der Waals surface area contributed by atoms with Gasteiger partial charge in [0.15, 0.2) is 12.3 Å². The van der Waals surface area contributed by atoms with Crippen molar-refractivity contribution in [2.45, 2.75) is 27.0 Å². The molecule has 0 saturated carbocycles. The number of tetrazole rings is 1. The summed E-state index contributed by atoms with van der Waals surface area (Å²) in [5.41, 5.74) is 3.07. The van der Waals surface area contributed by atoms with Crippen LogP contribution in [0, 0.1) is 6.92 Å². The molecular weight excluding hydrogens is 360 g/mol. The summed E-state index contributed by atoms with van der Waals surface area (Å²) >= 11 is 0. The normalized spacial score (nSPS) is 10.5. The van der Waals surface area contributed by atoms with Crippen LogP contribution in [0.3, 0.4) is 0 Å². The van der Waals surface area contributed by atoms with Gasteiger partial charge >= 0.3 is 5.97 Å². The number of ether oxygens (including phenoxy) is 2. The zero-order valence-electron chi connectivity index (χ0n) is 15.9.